The molecule has 0 spiro atoms. The number of ether oxygens (including phenoxy) is 9. The maximum atomic E-state index is 12.5. The van der Waals surface area contributed by atoms with Crippen LogP contribution in [0.1, 0.15) is 27.7 Å². The molecule has 0 aliphatic carbocycles. The summed E-state index contributed by atoms with van der Waals surface area (Å²) >= 11 is 0. The fraction of sp³-hybridized carbons (Fsp3) is 0.917. The zero-order valence-corrected chi connectivity index (χ0v) is 37.4. The molecule has 16 N–H and O–H groups in total. The van der Waals surface area contributed by atoms with E-state index in [1.807, 2.05) is 0 Å². The van der Waals surface area contributed by atoms with Crippen LogP contribution in [0, 0.1) is 0 Å². The monoisotopic (exact) mass is 1020 g/mol. The van der Waals surface area contributed by atoms with Gasteiger partial charge in [0.1, 0.15) is 116 Å². The Morgan fingerprint density at radius 1 is 0.485 bits per heavy atom. The number of amides is 3. The second-order valence-corrected chi connectivity index (χ2v) is 17.8. The fourth-order valence-electron chi connectivity index (χ4n) is 8.19. The zero-order chi connectivity index (χ0) is 50.7. The minimum atomic E-state index is -5.10. The highest BCUT2D eigenvalue weighted by atomic mass is 32.3. The first kappa shape index (κ1) is 56.4. The van der Waals surface area contributed by atoms with Crippen molar-refractivity contribution < 1.29 is 135 Å². The lowest BCUT2D eigenvalue weighted by molar-refractivity contribution is -0.397. The van der Waals surface area contributed by atoms with Gasteiger partial charge in [-0.05, 0) is 6.92 Å². The van der Waals surface area contributed by atoms with Gasteiger partial charge in [0.15, 0.2) is 31.5 Å². The Morgan fingerprint density at radius 3 is 1.50 bits per heavy atom. The standard InChI is InChI=1S/C36H61N3O28S/c1-9-20(45)27(52)28(53)35(60-9)67-31-30(66-34-18(38-11(3)43)26(51)21(46)13(5-40)62-34)23(48)14(6-41)63-36(31)65-29-19(39-12(4)44)32(54)61-15(24(29)49)7-58-33-17(37-10(2)42)25(50)22(47)16(64-33)8-59-68(55,56)57/h9,13-36,40-41,45-54H,5-8H2,1-4H3,(H,37,42)(H,38,43)(H,39,44)(H,55,56,57)/t9-,13+,14+,15+,16+,17+,18+,19+,20+,21-,22+,23-,24-,25+,26+,27+,28-,29+,30-,31+,32-,33?,34?,35?,36?/m0/s1. The van der Waals surface area contributed by atoms with Crippen molar-refractivity contribution in [1.29, 1.82) is 0 Å². The largest absolute Gasteiger partial charge is 0.397 e. The minimum Gasteiger partial charge on any atom is -0.394 e. The van der Waals surface area contributed by atoms with E-state index in [1.165, 1.54) is 6.92 Å². The molecule has 5 aliphatic rings. The molecule has 5 aliphatic heterocycles. The van der Waals surface area contributed by atoms with Crippen molar-refractivity contribution in [3.8, 4) is 0 Å². The molecular weight excluding hydrogens is 954 g/mol. The van der Waals surface area contributed by atoms with E-state index >= 15 is 0 Å². The van der Waals surface area contributed by atoms with Gasteiger partial charge in [-0.25, -0.2) is 4.18 Å². The summed E-state index contributed by atoms with van der Waals surface area (Å²) in [6.45, 7) is 0.416. The molecule has 0 aromatic carbocycles. The first-order valence-corrected chi connectivity index (χ1v) is 22.5. The van der Waals surface area contributed by atoms with Gasteiger partial charge in [0.05, 0.1) is 32.5 Å². The maximum Gasteiger partial charge on any atom is 0.397 e. The van der Waals surface area contributed by atoms with Crippen LogP contribution in [0.3, 0.4) is 0 Å². The molecule has 68 heavy (non-hydrogen) atoms. The Labute approximate surface area is 386 Å². The Hall–Kier alpha value is -2.56. The number of aliphatic hydroxyl groups is 12. The minimum absolute atomic E-state index is 0.783. The summed E-state index contributed by atoms with van der Waals surface area (Å²) in [6.07, 6.45) is -41.5. The van der Waals surface area contributed by atoms with E-state index in [4.69, 9.17) is 47.2 Å². The smallest absolute Gasteiger partial charge is 0.394 e. The van der Waals surface area contributed by atoms with E-state index in [0.717, 1.165) is 20.8 Å². The van der Waals surface area contributed by atoms with Gasteiger partial charge in [0, 0.05) is 20.8 Å². The molecule has 5 saturated heterocycles. The number of nitrogens with one attached hydrogen (secondary N) is 3. The van der Waals surface area contributed by atoms with Gasteiger partial charge in [-0.15, -0.1) is 0 Å². The quantitative estimate of drug-likeness (QED) is 0.0602. The van der Waals surface area contributed by atoms with Crippen LogP contribution >= 0.6 is 0 Å². The Bertz CT molecular complexity index is 1790. The lowest BCUT2D eigenvalue weighted by Crippen LogP contribution is -2.70. The van der Waals surface area contributed by atoms with Crippen molar-refractivity contribution in [3.05, 3.63) is 0 Å². The predicted molar refractivity (Wildman–Crippen MR) is 210 cm³/mol. The van der Waals surface area contributed by atoms with Gasteiger partial charge >= 0.3 is 10.4 Å². The fourth-order valence-corrected chi connectivity index (χ4v) is 8.50. The number of rotatable bonds is 17. The van der Waals surface area contributed by atoms with Crippen molar-refractivity contribution in [1.82, 2.24) is 16.0 Å². The molecule has 31 nitrogen and oxygen atoms in total. The van der Waals surface area contributed by atoms with Crippen molar-refractivity contribution in [2.75, 3.05) is 26.4 Å². The van der Waals surface area contributed by atoms with Crippen LogP contribution in [-0.4, -0.2) is 272 Å². The molecule has 5 heterocycles. The molecule has 3 amide bonds. The van der Waals surface area contributed by atoms with Gasteiger partial charge in [0.25, 0.3) is 0 Å². The van der Waals surface area contributed by atoms with E-state index in [0.29, 0.717) is 0 Å². The number of carbonyl (C=O) groups is 3. The van der Waals surface area contributed by atoms with Gasteiger partial charge in [-0.2, -0.15) is 8.42 Å². The third-order valence-electron chi connectivity index (χ3n) is 11.7. The summed E-state index contributed by atoms with van der Waals surface area (Å²) in [7, 11) is -5.10. The van der Waals surface area contributed by atoms with Gasteiger partial charge < -0.3 is 120 Å². The topological polar surface area (TPSA) is 477 Å². The highest BCUT2D eigenvalue weighted by molar-refractivity contribution is 7.80. The van der Waals surface area contributed by atoms with E-state index in [-0.39, 0.29) is 0 Å². The molecule has 394 valence electrons. The first-order valence-electron chi connectivity index (χ1n) is 21.1. The molecule has 25 atom stereocenters. The summed E-state index contributed by atoms with van der Waals surface area (Å²) < 4.78 is 88.3. The van der Waals surface area contributed by atoms with Crippen LogP contribution in [0.15, 0.2) is 0 Å². The molecule has 0 aromatic rings. The summed E-state index contributed by atoms with van der Waals surface area (Å²) in [5.74, 6) is -2.41. The van der Waals surface area contributed by atoms with E-state index in [1.54, 1.807) is 0 Å². The molecule has 0 bridgehead atoms. The van der Waals surface area contributed by atoms with Crippen LogP contribution in [0.5, 0.6) is 0 Å². The van der Waals surface area contributed by atoms with Crippen molar-refractivity contribution in [2.24, 2.45) is 0 Å². The van der Waals surface area contributed by atoms with Gasteiger partial charge in [-0.3, -0.25) is 18.9 Å². The average Bonchev–Trinajstić information content (AvgIpc) is 3.26. The average molecular weight is 1020 g/mol. The predicted octanol–water partition coefficient (Wildman–Crippen LogP) is -10.6. The number of hydrogen-bond donors (Lipinski definition) is 16. The number of hydrogen-bond acceptors (Lipinski definition) is 27. The molecule has 0 aromatic heterocycles. The van der Waals surface area contributed by atoms with Crippen LogP contribution in [0.4, 0.5) is 0 Å². The normalized spacial score (nSPS) is 45.8. The van der Waals surface area contributed by atoms with Crippen LogP contribution < -0.4 is 16.0 Å². The third-order valence-corrected chi connectivity index (χ3v) is 12.1. The molecule has 0 radical (unpaired) electrons. The highest BCUT2D eigenvalue weighted by Crippen LogP contribution is 2.36. The van der Waals surface area contributed by atoms with Crippen molar-refractivity contribution in [2.45, 2.75) is 181 Å². The number of aliphatic hydroxyl groups excluding tert-OH is 12. The summed E-state index contributed by atoms with van der Waals surface area (Å²) in [6, 6.07) is -5.04. The maximum absolute atomic E-state index is 12.5. The highest BCUT2D eigenvalue weighted by Gasteiger charge is 2.57. The molecular formula is C36H61N3O28S. The second-order valence-electron chi connectivity index (χ2n) is 16.7. The van der Waals surface area contributed by atoms with E-state index in [9.17, 15) is 84.1 Å². The Morgan fingerprint density at radius 2 is 0.941 bits per heavy atom. The van der Waals surface area contributed by atoms with Gasteiger partial charge in [-0.1, -0.05) is 0 Å². The zero-order valence-electron chi connectivity index (χ0n) is 36.6. The molecule has 32 heteroatoms. The third kappa shape index (κ3) is 13.3. The summed E-state index contributed by atoms with van der Waals surface area (Å²) in [5.41, 5.74) is 0. The SMILES string of the molecule is CC(=O)N[C@@H]1[C@@H](OC2O[C@H](CO)[C@H](O)[C@H](OC3O[C@H](CO)[C@H](O)[C@H](O)[C@H]3NC(C)=O)[C@H]2OC2O[C@@H](C)[C@@H](O)[C@@H](O)[C@@H]2O)[C@@H](O)[C@@H](COC2O[C@H](COS(=O)(=O)O)[C@@H](O)[C@H](O)[C@H]2NC(C)=O)O[C@@H]1O. The summed E-state index contributed by atoms with van der Waals surface area (Å²) in [5, 5.41) is 137. The van der Waals surface area contributed by atoms with Crippen LogP contribution in [-0.2, 0) is 71.6 Å². The first-order chi connectivity index (χ1) is 31.8. The van der Waals surface area contributed by atoms with Gasteiger partial charge in [0.2, 0.25) is 17.7 Å². The van der Waals surface area contributed by atoms with E-state index < -0.39 is 208 Å². The lowest BCUT2D eigenvalue weighted by Gasteiger charge is -2.51. The molecule has 4 unspecified atom stereocenters. The van der Waals surface area contributed by atoms with Crippen molar-refractivity contribution >= 4 is 28.1 Å². The summed E-state index contributed by atoms with van der Waals surface area (Å²) in [4.78, 5) is 36.8. The molecule has 5 fully saturated rings. The van der Waals surface area contributed by atoms with Crippen molar-refractivity contribution in [3.63, 3.8) is 0 Å². The van der Waals surface area contributed by atoms with Crippen LogP contribution in [0.2, 0.25) is 0 Å². The Balaban J connectivity index is 1.51. The lowest BCUT2D eigenvalue weighted by atomic mass is 9.94. The molecule has 0 saturated carbocycles. The van der Waals surface area contributed by atoms with Crippen LogP contribution in [0.25, 0.3) is 0 Å². The second kappa shape index (κ2) is 23.8. The van der Waals surface area contributed by atoms with E-state index in [2.05, 4.69) is 20.1 Å². The Kier molecular flexibility index (Phi) is 19.7. The molecule has 5 rings (SSSR count). The number of carbonyl (C=O) groups excluding carboxylic acids is 3.